The summed E-state index contributed by atoms with van der Waals surface area (Å²) in [6.07, 6.45) is 0.868. The van der Waals surface area contributed by atoms with Crippen LogP contribution in [-0.4, -0.2) is 22.7 Å². The zero-order valence-electron chi connectivity index (χ0n) is 12.4. The Balaban J connectivity index is 1.83. The number of ether oxygens (including phenoxy) is 1. The molecule has 0 saturated carbocycles. The molecule has 2 rings (SSSR count). The number of carbonyl (C=O) groups is 1. The van der Waals surface area contributed by atoms with Crippen molar-refractivity contribution < 1.29 is 9.53 Å². The van der Waals surface area contributed by atoms with Gasteiger partial charge in [-0.2, -0.15) is 0 Å². The molecule has 6 heteroatoms. The molecule has 5 nitrogen and oxygen atoms in total. The number of rotatable bonds is 6. The molecule has 1 amide bonds. The standard InChI is InChI=1S/C15H19N3O2S/c1-10(2)7-14-17-18-15(21-14)16-13(19)9-20-12-6-4-5-11(3)8-12/h4-6,8,10H,7,9H2,1-3H3,(H,16,18,19). The molecular weight excluding hydrogens is 286 g/mol. The second-order valence-corrected chi connectivity index (χ2v) is 6.31. The van der Waals surface area contributed by atoms with E-state index in [1.165, 1.54) is 11.3 Å². The smallest absolute Gasteiger partial charge is 0.264 e. The molecule has 0 aliphatic rings. The van der Waals surface area contributed by atoms with Gasteiger partial charge in [-0.3, -0.25) is 10.1 Å². The van der Waals surface area contributed by atoms with E-state index in [-0.39, 0.29) is 12.5 Å². The average Bonchev–Trinajstić information content (AvgIpc) is 2.83. The van der Waals surface area contributed by atoms with E-state index in [1.807, 2.05) is 31.2 Å². The predicted molar refractivity (Wildman–Crippen MR) is 83.8 cm³/mol. The number of nitrogens with one attached hydrogen (secondary N) is 1. The fourth-order valence-corrected chi connectivity index (χ4v) is 2.71. The van der Waals surface area contributed by atoms with E-state index in [9.17, 15) is 4.79 Å². The highest BCUT2D eigenvalue weighted by atomic mass is 32.1. The molecule has 0 spiro atoms. The van der Waals surface area contributed by atoms with Crippen molar-refractivity contribution in [2.45, 2.75) is 27.2 Å². The van der Waals surface area contributed by atoms with E-state index in [4.69, 9.17) is 4.74 Å². The highest BCUT2D eigenvalue weighted by molar-refractivity contribution is 7.15. The number of hydrogen-bond donors (Lipinski definition) is 1. The maximum absolute atomic E-state index is 11.8. The number of amides is 1. The largest absolute Gasteiger partial charge is 0.484 e. The van der Waals surface area contributed by atoms with Gasteiger partial charge in [0, 0.05) is 6.42 Å². The fraction of sp³-hybridized carbons (Fsp3) is 0.400. The van der Waals surface area contributed by atoms with Gasteiger partial charge in [0.05, 0.1) is 0 Å². The second-order valence-electron chi connectivity index (χ2n) is 5.25. The quantitative estimate of drug-likeness (QED) is 0.891. The third kappa shape index (κ3) is 5.15. The molecule has 0 saturated heterocycles. The van der Waals surface area contributed by atoms with Crippen LogP contribution >= 0.6 is 11.3 Å². The molecule has 0 radical (unpaired) electrons. The average molecular weight is 305 g/mol. The SMILES string of the molecule is Cc1cccc(OCC(=O)Nc2nnc(CC(C)C)s2)c1. The van der Waals surface area contributed by atoms with E-state index in [0.29, 0.717) is 16.8 Å². The van der Waals surface area contributed by atoms with Crippen molar-refractivity contribution in [3.8, 4) is 5.75 Å². The van der Waals surface area contributed by atoms with Crippen molar-refractivity contribution in [3.63, 3.8) is 0 Å². The lowest BCUT2D eigenvalue weighted by Crippen LogP contribution is -2.20. The van der Waals surface area contributed by atoms with Gasteiger partial charge in [-0.15, -0.1) is 10.2 Å². The van der Waals surface area contributed by atoms with E-state index in [1.54, 1.807) is 0 Å². The van der Waals surface area contributed by atoms with E-state index in [0.717, 1.165) is 17.0 Å². The molecule has 2 aromatic rings. The number of aromatic nitrogens is 2. The molecule has 0 unspecified atom stereocenters. The number of hydrogen-bond acceptors (Lipinski definition) is 5. The van der Waals surface area contributed by atoms with Crippen LogP contribution in [0.4, 0.5) is 5.13 Å². The van der Waals surface area contributed by atoms with Gasteiger partial charge in [-0.1, -0.05) is 37.3 Å². The summed E-state index contributed by atoms with van der Waals surface area (Å²) >= 11 is 1.40. The summed E-state index contributed by atoms with van der Waals surface area (Å²) in [6.45, 7) is 6.18. The number of anilines is 1. The number of benzene rings is 1. The zero-order valence-corrected chi connectivity index (χ0v) is 13.2. The normalized spacial score (nSPS) is 10.7. The maximum Gasteiger partial charge on any atom is 0.264 e. The Morgan fingerprint density at radius 2 is 2.19 bits per heavy atom. The summed E-state index contributed by atoms with van der Waals surface area (Å²) in [5.74, 6) is 0.970. The number of aryl methyl sites for hydroxylation is 1. The van der Waals surface area contributed by atoms with Crippen LogP contribution in [0.25, 0.3) is 0 Å². The first-order valence-electron chi connectivity index (χ1n) is 6.84. The van der Waals surface area contributed by atoms with Crippen molar-refractivity contribution in [1.29, 1.82) is 0 Å². The van der Waals surface area contributed by atoms with Crippen LogP contribution in [0, 0.1) is 12.8 Å². The van der Waals surface area contributed by atoms with E-state index in [2.05, 4.69) is 29.4 Å². The topological polar surface area (TPSA) is 64.1 Å². The van der Waals surface area contributed by atoms with E-state index < -0.39 is 0 Å². The fourth-order valence-electron chi connectivity index (χ4n) is 1.75. The molecule has 0 aliphatic heterocycles. The molecule has 1 aromatic carbocycles. The molecule has 21 heavy (non-hydrogen) atoms. The molecule has 1 aromatic heterocycles. The van der Waals surface area contributed by atoms with Gasteiger partial charge in [0.1, 0.15) is 10.8 Å². The molecule has 0 atom stereocenters. The van der Waals surface area contributed by atoms with Crippen molar-refractivity contribution in [2.75, 3.05) is 11.9 Å². The lowest BCUT2D eigenvalue weighted by molar-refractivity contribution is -0.118. The van der Waals surface area contributed by atoms with Gasteiger partial charge in [0.25, 0.3) is 5.91 Å². The van der Waals surface area contributed by atoms with Crippen molar-refractivity contribution in [1.82, 2.24) is 10.2 Å². The molecule has 0 bridgehead atoms. The minimum atomic E-state index is -0.233. The van der Waals surface area contributed by atoms with Crippen molar-refractivity contribution in [2.24, 2.45) is 5.92 Å². The maximum atomic E-state index is 11.8. The molecule has 1 heterocycles. The molecule has 0 aliphatic carbocycles. The van der Waals surface area contributed by atoms with Crippen LogP contribution in [0.2, 0.25) is 0 Å². The summed E-state index contributed by atoms with van der Waals surface area (Å²) in [4.78, 5) is 11.8. The van der Waals surface area contributed by atoms with Crippen LogP contribution in [0.3, 0.4) is 0 Å². The predicted octanol–water partition coefficient (Wildman–Crippen LogP) is 3.06. The Morgan fingerprint density at radius 1 is 1.38 bits per heavy atom. The van der Waals surface area contributed by atoms with Crippen molar-refractivity contribution >= 4 is 22.4 Å². The first-order valence-corrected chi connectivity index (χ1v) is 7.66. The van der Waals surface area contributed by atoms with Crippen LogP contribution in [0.5, 0.6) is 5.75 Å². The first kappa shape index (κ1) is 15.4. The minimum Gasteiger partial charge on any atom is -0.484 e. The van der Waals surface area contributed by atoms with Crippen LogP contribution in [-0.2, 0) is 11.2 Å². The summed E-state index contributed by atoms with van der Waals surface area (Å²) in [5, 5.41) is 12.2. The Labute approximate surface area is 128 Å². The summed E-state index contributed by atoms with van der Waals surface area (Å²) in [7, 11) is 0. The zero-order chi connectivity index (χ0) is 15.2. The van der Waals surface area contributed by atoms with Gasteiger partial charge in [-0.05, 0) is 30.5 Å². The number of carbonyl (C=O) groups excluding carboxylic acids is 1. The highest BCUT2D eigenvalue weighted by Gasteiger charge is 2.10. The highest BCUT2D eigenvalue weighted by Crippen LogP contribution is 2.18. The minimum absolute atomic E-state index is 0.0391. The van der Waals surface area contributed by atoms with Gasteiger partial charge in [0.2, 0.25) is 5.13 Å². The lowest BCUT2D eigenvalue weighted by Gasteiger charge is -2.06. The monoisotopic (exact) mass is 305 g/mol. The van der Waals surface area contributed by atoms with Gasteiger partial charge < -0.3 is 4.74 Å². The molecule has 112 valence electrons. The summed E-state index contributed by atoms with van der Waals surface area (Å²) < 4.78 is 5.44. The summed E-state index contributed by atoms with van der Waals surface area (Å²) in [6, 6.07) is 7.58. The van der Waals surface area contributed by atoms with Gasteiger partial charge in [-0.25, -0.2) is 0 Å². The van der Waals surface area contributed by atoms with E-state index >= 15 is 0 Å². The Kier molecular flexibility index (Phi) is 5.27. The Hall–Kier alpha value is -1.95. The van der Waals surface area contributed by atoms with Crippen LogP contribution in [0.1, 0.15) is 24.4 Å². The molecule has 0 fully saturated rings. The van der Waals surface area contributed by atoms with Gasteiger partial charge >= 0.3 is 0 Å². The molecule has 1 N–H and O–H groups in total. The Bertz CT molecular complexity index is 610. The number of nitrogens with zero attached hydrogens (tertiary/aromatic N) is 2. The third-order valence-electron chi connectivity index (χ3n) is 2.66. The van der Waals surface area contributed by atoms with Crippen molar-refractivity contribution in [3.05, 3.63) is 34.8 Å². The third-order valence-corrected chi connectivity index (χ3v) is 3.52. The van der Waals surface area contributed by atoms with Crippen LogP contribution < -0.4 is 10.1 Å². The summed E-state index contributed by atoms with van der Waals surface area (Å²) in [5.41, 5.74) is 1.09. The van der Waals surface area contributed by atoms with Crippen LogP contribution in [0.15, 0.2) is 24.3 Å². The second kappa shape index (κ2) is 7.17. The first-order chi connectivity index (χ1) is 10.0. The Morgan fingerprint density at radius 3 is 2.90 bits per heavy atom. The lowest BCUT2D eigenvalue weighted by atomic mass is 10.1. The molecular formula is C15H19N3O2S. The van der Waals surface area contributed by atoms with Gasteiger partial charge in [0.15, 0.2) is 6.61 Å².